The van der Waals surface area contributed by atoms with Crippen molar-refractivity contribution in [1.29, 1.82) is 0 Å². The van der Waals surface area contributed by atoms with Crippen molar-refractivity contribution in [2.24, 2.45) is 17.8 Å². The van der Waals surface area contributed by atoms with Gasteiger partial charge in [0.2, 0.25) is 0 Å². The van der Waals surface area contributed by atoms with Crippen molar-refractivity contribution in [3.05, 3.63) is 89.5 Å². The molecule has 1 saturated heterocycles. The van der Waals surface area contributed by atoms with Crippen LogP contribution in [0.15, 0.2) is 72.8 Å². The maximum absolute atomic E-state index is 13.5. The van der Waals surface area contributed by atoms with Gasteiger partial charge in [-0.3, -0.25) is 4.90 Å². The van der Waals surface area contributed by atoms with Crippen LogP contribution in [-0.2, 0) is 12.7 Å². The van der Waals surface area contributed by atoms with E-state index in [1.165, 1.54) is 24.1 Å². The SMILES string of the molecule is C[C@H](CC[C@@H]1[C@H](C)c2cc(C(F)(F)F)ccc2N[C@H]1C1C=CC=CC1)CN[C@H]1CCN(Cc2ccccc2)C1. The highest BCUT2D eigenvalue weighted by molar-refractivity contribution is 5.58. The number of hydrogen-bond donors (Lipinski definition) is 2. The van der Waals surface area contributed by atoms with E-state index in [0.29, 0.717) is 17.9 Å². The summed E-state index contributed by atoms with van der Waals surface area (Å²) in [7, 11) is 0. The van der Waals surface area contributed by atoms with Gasteiger partial charge in [-0.05, 0) is 79.3 Å². The molecule has 1 aliphatic carbocycles. The molecule has 6 heteroatoms. The fraction of sp³-hybridized carbons (Fsp3) is 0.515. The Bertz CT molecular complexity index is 1140. The molecule has 1 fully saturated rings. The molecule has 0 bridgehead atoms. The molecule has 2 aromatic rings. The average Bonchev–Trinajstić information content (AvgIpc) is 3.38. The quantitative estimate of drug-likeness (QED) is 0.344. The second kappa shape index (κ2) is 12.3. The Hall–Kier alpha value is -2.57. The predicted molar refractivity (Wildman–Crippen MR) is 154 cm³/mol. The van der Waals surface area contributed by atoms with Gasteiger partial charge in [0, 0.05) is 43.3 Å². The highest BCUT2D eigenvalue weighted by Gasteiger charge is 2.39. The lowest BCUT2D eigenvalue weighted by molar-refractivity contribution is -0.137. The lowest BCUT2D eigenvalue weighted by Crippen LogP contribution is -2.42. The molecule has 6 atom stereocenters. The fourth-order valence-electron chi connectivity index (χ4n) is 6.73. The summed E-state index contributed by atoms with van der Waals surface area (Å²) in [4.78, 5) is 2.52. The molecule has 1 unspecified atom stereocenters. The van der Waals surface area contributed by atoms with Crippen LogP contribution in [0.2, 0.25) is 0 Å². The molecule has 3 nitrogen and oxygen atoms in total. The summed E-state index contributed by atoms with van der Waals surface area (Å²) in [5.41, 5.74) is 2.47. The van der Waals surface area contributed by atoms with E-state index in [1.54, 1.807) is 6.07 Å². The van der Waals surface area contributed by atoms with Gasteiger partial charge in [-0.1, -0.05) is 68.5 Å². The molecule has 210 valence electrons. The Balaban J connectivity index is 1.18. The zero-order valence-corrected chi connectivity index (χ0v) is 23.1. The minimum absolute atomic E-state index is 0.0643. The molecule has 39 heavy (non-hydrogen) atoms. The van der Waals surface area contributed by atoms with Crippen LogP contribution < -0.4 is 10.6 Å². The van der Waals surface area contributed by atoms with Crippen LogP contribution in [0.4, 0.5) is 18.9 Å². The molecule has 2 heterocycles. The van der Waals surface area contributed by atoms with Gasteiger partial charge >= 0.3 is 6.18 Å². The normalized spacial score (nSPS) is 27.8. The standard InChI is InChI=1S/C33H42F3N3/c1-23(20-37-28-17-18-39(22-28)21-25-9-5-3-6-10-25)13-15-29-24(2)30-19-27(33(34,35)36)14-16-31(30)38-32(29)26-11-7-4-8-12-26/h3-11,14,16,19,23-24,26,28-29,32,37-38H,12-13,15,17-18,20-22H2,1-2H3/t23-,24+,26?,28+,29-,32+/m1/s1. The number of anilines is 1. The number of alkyl halides is 3. The van der Waals surface area contributed by atoms with Crippen LogP contribution in [0.1, 0.15) is 62.1 Å². The maximum Gasteiger partial charge on any atom is 0.416 e. The molecule has 0 saturated carbocycles. The van der Waals surface area contributed by atoms with E-state index >= 15 is 0 Å². The van der Waals surface area contributed by atoms with Crippen LogP contribution >= 0.6 is 0 Å². The first-order chi connectivity index (χ1) is 18.8. The van der Waals surface area contributed by atoms with Gasteiger partial charge in [-0.25, -0.2) is 0 Å². The molecule has 2 aromatic carbocycles. The number of nitrogens with one attached hydrogen (secondary N) is 2. The van der Waals surface area contributed by atoms with Crippen LogP contribution in [0.5, 0.6) is 0 Å². The summed E-state index contributed by atoms with van der Waals surface area (Å²) in [6.45, 7) is 8.61. The van der Waals surface area contributed by atoms with Crippen molar-refractivity contribution in [2.45, 2.75) is 70.3 Å². The molecule has 3 aliphatic rings. The summed E-state index contributed by atoms with van der Waals surface area (Å²) in [5.74, 6) is 1.19. The number of rotatable bonds is 9. The van der Waals surface area contributed by atoms with Crippen LogP contribution in [-0.4, -0.2) is 36.6 Å². The fourth-order valence-corrected chi connectivity index (χ4v) is 6.73. The van der Waals surface area contributed by atoms with E-state index in [1.807, 2.05) is 0 Å². The number of halogens is 3. The zero-order chi connectivity index (χ0) is 27.4. The molecule has 2 N–H and O–H groups in total. The average molecular weight is 538 g/mol. The van der Waals surface area contributed by atoms with Gasteiger partial charge in [-0.2, -0.15) is 13.2 Å². The molecule has 0 radical (unpaired) electrons. The number of benzene rings is 2. The smallest absolute Gasteiger partial charge is 0.381 e. The highest BCUT2D eigenvalue weighted by Crippen LogP contribution is 2.45. The van der Waals surface area contributed by atoms with Crippen molar-refractivity contribution in [1.82, 2.24) is 10.2 Å². The minimum atomic E-state index is -4.32. The van der Waals surface area contributed by atoms with Gasteiger partial charge in [0.25, 0.3) is 0 Å². The molecule has 2 aliphatic heterocycles. The van der Waals surface area contributed by atoms with E-state index in [-0.39, 0.29) is 17.9 Å². The third-order valence-corrected chi connectivity index (χ3v) is 9.04. The molecular formula is C33H42F3N3. The van der Waals surface area contributed by atoms with Gasteiger partial charge in [0.1, 0.15) is 0 Å². The van der Waals surface area contributed by atoms with Crippen molar-refractivity contribution in [2.75, 3.05) is 25.0 Å². The Kier molecular flexibility index (Phi) is 8.82. The Morgan fingerprint density at radius 3 is 2.67 bits per heavy atom. The lowest BCUT2D eigenvalue weighted by atomic mass is 9.70. The van der Waals surface area contributed by atoms with E-state index < -0.39 is 11.7 Å². The van der Waals surface area contributed by atoms with Crippen LogP contribution in [0.25, 0.3) is 0 Å². The van der Waals surface area contributed by atoms with E-state index in [9.17, 15) is 13.2 Å². The van der Waals surface area contributed by atoms with E-state index in [2.05, 4.69) is 84.0 Å². The Morgan fingerprint density at radius 2 is 1.92 bits per heavy atom. The monoisotopic (exact) mass is 537 g/mol. The van der Waals surface area contributed by atoms with Gasteiger partial charge in [0.15, 0.2) is 0 Å². The van der Waals surface area contributed by atoms with Crippen molar-refractivity contribution >= 4 is 5.69 Å². The van der Waals surface area contributed by atoms with E-state index in [4.69, 9.17) is 0 Å². The summed E-state index contributed by atoms with van der Waals surface area (Å²) < 4.78 is 40.5. The molecular weight excluding hydrogens is 495 g/mol. The largest absolute Gasteiger partial charge is 0.416 e. The van der Waals surface area contributed by atoms with Gasteiger partial charge < -0.3 is 10.6 Å². The summed E-state index contributed by atoms with van der Waals surface area (Å²) in [6.07, 6.45) is 8.52. The summed E-state index contributed by atoms with van der Waals surface area (Å²) in [6, 6.07) is 15.6. The molecule has 0 amide bonds. The first kappa shape index (κ1) is 28.0. The number of allylic oxidation sites excluding steroid dienone is 3. The number of nitrogens with zero attached hydrogens (tertiary/aromatic N) is 1. The number of fused-ring (bicyclic) bond motifs is 1. The Morgan fingerprint density at radius 1 is 1.10 bits per heavy atom. The third-order valence-electron chi connectivity index (χ3n) is 9.04. The van der Waals surface area contributed by atoms with Crippen LogP contribution in [0, 0.1) is 17.8 Å². The Labute approximate surface area is 231 Å². The molecule has 5 rings (SSSR count). The number of hydrogen-bond acceptors (Lipinski definition) is 3. The van der Waals surface area contributed by atoms with Crippen molar-refractivity contribution in [3.8, 4) is 0 Å². The molecule has 0 spiro atoms. The lowest BCUT2D eigenvalue weighted by Gasteiger charge is -2.43. The van der Waals surface area contributed by atoms with Gasteiger partial charge in [-0.15, -0.1) is 0 Å². The summed E-state index contributed by atoms with van der Waals surface area (Å²) >= 11 is 0. The van der Waals surface area contributed by atoms with Crippen molar-refractivity contribution < 1.29 is 13.2 Å². The third kappa shape index (κ3) is 6.96. The minimum Gasteiger partial charge on any atom is -0.381 e. The second-order valence-corrected chi connectivity index (χ2v) is 11.9. The highest BCUT2D eigenvalue weighted by atomic mass is 19.4. The maximum atomic E-state index is 13.5. The first-order valence-corrected chi connectivity index (χ1v) is 14.6. The summed E-state index contributed by atoms with van der Waals surface area (Å²) in [5, 5.41) is 7.49. The topological polar surface area (TPSA) is 27.3 Å². The first-order valence-electron chi connectivity index (χ1n) is 14.6. The zero-order valence-electron chi connectivity index (χ0n) is 23.1. The van der Waals surface area contributed by atoms with Crippen LogP contribution in [0.3, 0.4) is 0 Å². The molecule has 0 aromatic heterocycles. The van der Waals surface area contributed by atoms with Crippen molar-refractivity contribution in [3.63, 3.8) is 0 Å². The van der Waals surface area contributed by atoms with E-state index in [0.717, 1.165) is 56.7 Å². The number of likely N-dealkylation sites (tertiary alicyclic amines) is 1. The predicted octanol–water partition coefficient (Wildman–Crippen LogP) is 7.63. The second-order valence-electron chi connectivity index (χ2n) is 11.9. The van der Waals surface area contributed by atoms with Gasteiger partial charge in [0.05, 0.1) is 5.56 Å².